The van der Waals surface area contributed by atoms with Crippen molar-refractivity contribution in [2.45, 2.75) is 13.8 Å². The molecule has 1 amide bonds. The first-order valence-corrected chi connectivity index (χ1v) is 6.66. The van der Waals surface area contributed by atoms with Crippen LogP contribution in [0.25, 0.3) is 0 Å². The second kappa shape index (κ2) is 5.24. The highest BCUT2D eigenvalue weighted by molar-refractivity contribution is 9.10. The van der Waals surface area contributed by atoms with Crippen LogP contribution < -0.4 is 11.1 Å². The van der Waals surface area contributed by atoms with E-state index in [0.717, 1.165) is 0 Å². The maximum Gasteiger partial charge on any atom is 0.276 e. The number of hydrogen-bond donors (Lipinski definition) is 2. The Kier molecular flexibility index (Phi) is 3.80. The van der Waals surface area contributed by atoms with Crippen LogP contribution in [0.5, 0.6) is 0 Å². The number of carbonyl (C=O) groups excluding carboxylic acids is 1. The van der Waals surface area contributed by atoms with Crippen LogP contribution in [-0.2, 0) is 7.05 Å². The minimum Gasteiger partial charge on any atom is -0.395 e. The van der Waals surface area contributed by atoms with Gasteiger partial charge in [0.05, 0.1) is 15.9 Å². The lowest BCUT2D eigenvalue weighted by Crippen LogP contribution is -2.18. The zero-order valence-corrected chi connectivity index (χ0v) is 12.9. The predicted molar refractivity (Wildman–Crippen MR) is 79.1 cm³/mol. The Bertz CT molecular complexity index is 696. The number of nitrogen functional groups attached to an aromatic ring is 1. The van der Waals surface area contributed by atoms with E-state index in [2.05, 4.69) is 26.3 Å². The molecule has 20 heavy (non-hydrogen) atoms. The molecule has 1 aromatic heterocycles. The van der Waals surface area contributed by atoms with Crippen LogP contribution in [0, 0.1) is 19.7 Å². The number of anilines is 2. The van der Waals surface area contributed by atoms with E-state index in [1.165, 1.54) is 16.8 Å². The predicted octanol–water partition coefficient (Wildman–Crippen LogP) is 2.77. The van der Waals surface area contributed by atoms with E-state index < -0.39 is 0 Å². The summed E-state index contributed by atoms with van der Waals surface area (Å²) in [6.07, 6.45) is 0. The summed E-state index contributed by atoms with van der Waals surface area (Å²) >= 11 is 3.09. The zero-order valence-electron chi connectivity index (χ0n) is 11.3. The van der Waals surface area contributed by atoms with Crippen LogP contribution in [0.1, 0.15) is 21.7 Å². The Labute approximate surface area is 124 Å². The summed E-state index contributed by atoms with van der Waals surface area (Å²) in [5, 5.41) is 6.80. The molecule has 3 N–H and O–H groups in total. The summed E-state index contributed by atoms with van der Waals surface area (Å²) < 4.78 is 15.1. The molecule has 0 aliphatic rings. The number of rotatable bonds is 2. The Hall–Kier alpha value is -1.89. The smallest absolute Gasteiger partial charge is 0.276 e. The lowest BCUT2D eigenvalue weighted by molar-refractivity contribution is 0.101. The second-order valence-corrected chi connectivity index (χ2v) is 5.36. The van der Waals surface area contributed by atoms with Crippen LogP contribution in [0.3, 0.4) is 0 Å². The van der Waals surface area contributed by atoms with Gasteiger partial charge in [0.25, 0.3) is 5.91 Å². The number of nitrogens with two attached hydrogens (primary N) is 1. The van der Waals surface area contributed by atoms with Gasteiger partial charge in [0.15, 0.2) is 0 Å². The summed E-state index contributed by atoms with van der Waals surface area (Å²) in [6.45, 7) is 3.44. The van der Waals surface area contributed by atoms with Crippen molar-refractivity contribution < 1.29 is 9.18 Å². The Morgan fingerprint density at radius 2 is 2.10 bits per heavy atom. The molecular weight excluding hydrogens is 327 g/mol. The average Bonchev–Trinajstić information content (AvgIpc) is 2.60. The number of aryl methyl sites for hydroxylation is 3. The van der Waals surface area contributed by atoms with Crippen molar-refractivity contribution in [2.24, 2.45) is 7.05 Å². The normalized spacial score (nSPS) is 10.7. The molecule has 0 aliphatic heterocycles. The van der Waals surface area contributed by atoms with E-state index in [0.29, 0.717) is 22.6 Å². The lowest BCUT2D eigenvalue weighted by atomic mass is 10.2. The largest absolute Gasteiger partial charge is 0.395 e. The third-order valence-electron chi connectivity index (χ3n) is 3.00. The van der Waals surface area contributed by atoms with Gasteiger partial charge in [-0.25, -0.2) is 4.39 Å². The summed E-state index contributed by atoms with van der Waals surface area (Å²) in [5.74, 6) is -0.761. The molecule has 106 valence electrons. The fraction of sp³-hybridized carbons (Fsp3) is 0.231. The van der Waals surface area contributed by atoms with Gasteiger partial charge in [0.1, 0.15) is 11.5 Å². The van der Waals surface area contributed by atoms with Gasteiger partial charge in [0, 0.05) is 12.7 Å². The van der Waals surface area contributed by atoms with E-state index in [4.69, 9.17) is 5.73 Å². The number of amides is 1. The molecule has 7 heteroatoms. The molecule has 2 aromatic rings. The van der Waals surface area contributed by atoms with Gasteiger partial charge in [-0.2, -0.15) is 5.10 Å². The van der Waals surface area contributed by atoms with Crippen molar-refractivity contribution >= 4 is 33.2 Å². The van der Waals surface area contributed by atoms with Crippen molar-refractivity contribution in [1.29, 1.82) is 0 Å². The number of benzene rings is 1. The molecule has 0 radical (unpaired) electrons. The lowest BCUT2D eigenvalue weighted by Gasteiger charge is -2.10. The maximum atomic E-state index is 13.4. The van der Waals surface area contributed by atoms with Crippen LogP contribution in [0.15, 0.2) is 16.6 Å². The number of halogens is 2. The van der Waals surface area contributed by atoms with Gasteiger partial charge in [0.2, 0.25) is 0 Å². The van der Waals surface area contributed by atoms with Gasteiger partial charge in [-0.1, -0.05) is 0 Å². The van der Waals surface area contributed by atoms with E-state index >= 15 is 0 Å². The highest BCUT2D eigenvalue weighted by atomic mass is 79.9. The molecule has 0 unspecified atom stereocenters. The molecule has 0 atom stereocenters. The average molecular weight is 341 g/mol. The number of hydrogen-bond acceptors (Lipinski definition) is 3. The molecule has 0 saturated heterocycles. The van der Waals surface area contributed by atoms with E-state index in [-0.39, 0.29) is 21.9 Å². The molecule has 1 heterocycles. The number of carbonyl (C=O) groups is 1. The van der Waals surface area contributed by atoms with Crippen molar-refractivity contribution in [3.05, 3.63) is 39.4 Å². The second-order valence-electron chi connectivity index (χ2n) is 4.51. The molecule has 0 bridgehead atoms. The molecule has 2 rings (SSSR count). The van der Waals surface area contributed by atoms with Crippen molar-refractivity contribution in [1.82, 2.24) is 9.78 Å². The Morgan fingerprint density at radius 3 is 2.65 bits per heavy atom. The number of nitrogens with one attached hydrogen (secondary N) is 1. The highest BCUT2D eigenvalue weighted by Gasteiger charge is 2.19. The first-order chi connectivity index (χ1) is 9.31. The topological polar surface area (TPSA) is 72.9 Å². The summed E-state index contributed by atoms with van der Waals surface area (Å²) in [7, 11) is 1.64. The molecule has 0 aliphatic carbocycles. The highest BCUT2D eigenvalue weighted by Crippen LogP contribution is 2.25. The maximum absolute atomic E-state index is 13.4. The molecule has 0 fully saturated rings. The van der Waals surface area contributed by atoms with Gasteiger partial charge in [-0.15, -0.1) is 0 Å². The standard InChI is InChI=1S/C13H14BrFN4O/c1-6-4-9(15)8(14)5-10(6)17-13(20)12-11(16)7(2)18-19(12)3/h4-5H,16H2,1-3H3,(H,17,20). The molecule has 1 aromatic carbocycles. The summed E-state index contributed by atoms with van der Waals surface area (Å²) in [6, 6.07) is 2.86. The van der Waals surface area contributed by atoms with Gasteiger partial charge in [-0.3, -0.25) is 9.48 Å². The molecule has 0 saturated carbocycles. The monoisotopic (exact) mass is 340 g/mol. The summed E-state index contributed by atoms with van der Waals surface area (Å²) in [5.41, 5.74) is 8.18. The quantitative estimate of drug-likeness (QED) is 0.882. The first kappa shape index (κ1) is 14.5. The molecule has 5 nitrogen and oxygen atoms in total. The third kappa shape index (κ3) is 2.53. The minimum atomic E-state index is -0.382. The van der Waals surface area contributed by atoms with E-state index in [1.54, 1.807) is 20.9 Å². The van der Waals surface area contributed by atoms with E-state index in [1.807, 2.05) is 0 Å². The molecular formula is C13H14BrFN4O. The van der Waals surface area contributed by atoms with Crippen molar-refractivity contribution in [3.8, 4) is 0 Å². The fourth-order valence-corrected chi connectivity index (χ4v) is 2.25. The SMILES string of the molecule is Cc1cc(F)c(Br)cc1NC(=O)c1c(N)c(C)nn1C. The first-order valence-electron chi connectivity index (χ1n) is 5.87. The minimum absolute atomic E-state index is 0.280. The third-order valence-corrected chi connectivity index (χ3v) is 3.61. The fourth-order valence-electron chi connectivity index (χ4n) is 1.91. The Balaban J connectivity index is 2.35. The summed E-state index contributed by atoms with van der Waals surface area (Å²) in [4.78, 5) is 12.3. The van der Waals surface area contributed by atoms with Crippen LogP contribution in [0.4, 0.5) is 15.8 Å². The van der Waals surface area contributed by atoms with Gasteiger partial charge in [-0.05, 0) is 47.5 Å². The van der Waals surface area contributed by atoms with Crippen LogP contribution in [0.2, 0.25) is 0 Å². The van der Waals surface area contributed by atoms with Crippen LogP contribution in [-0.4, -0.2) is 15.7 Å². The zero-order chi connectivity index (χ0) is 15.0. The molecule has 0 spiro atoms. The van der Waals surface area contributed by atoms with E-state index in [9.17, 15) is 9.18 Å². The van der Waals surface area contributed by atoms with Gasteiger partial charge < -0.3 is 11.1 Å². The number of nitrogens with zero attached hydrogens (tertiary/aromatic N) is 2. The van der Waals surface area contributed by atoms with Crippen molar-refractivity contribution in [3.63, 3.8) is 0 Å². The number of aromatic nitrogens is 2. The Morgan fingerprint density at radius 1 is 1.45 bits per heavy atom. The van der Waals surface area contributed by atoms with Crippen molar-refractivity contribution in [2.75, 3.05) is 11.1 Å². The van der Waals surface area contributed by atoms with Gasteiger partial charge >= 0.3 is 0 Å². The van der Waals surface area contributed by atoms with Crippen LogP contribution >= 0.6 is 15.9 Å².